The lowest BCUT2D eigenvalue weighted by molar-refractivity contribution is -0.125. The smallest absolute Gasteiger partial charge is 0.223 e. The fourth-order valence-corrected chi connectivity index (χ4v) is 2.80. The van der Waals surface area contributed by atoms with Crippen LogP contribution in [0.15, 0.2) is 12.2 Å². The molecule has 2 aliphatic carbocycles. The summed E-state index contributed by atoms with van der Waals surface area (Å²) >= 11 is 1.80. The zero-order valence-corrected chi connectivity index (χ0v) is 11.1. The van der Waals surface area contributed by atoms with E-state index in [0.717, 1.165) is 13.0 Å². The second kappa shape index (κ2) is 4.44. The molecule has 1 amide bonds. The Morgan fingerprint density at radius 3 is 2.69 bits per heavy atom. The monoisotopic (exact) mass is 239 g/mol. The van der Waals surface area contributed by atoms with Crippen LogP contribution in [0.2, 0.25) is 0 Å². The minimum Gasteiger partial charge on any atom is -0.354 e. The number of hydrogen-bond acceptors (Lipinski definition) is 2. The third-order valence-corrected chi connectivity index (χ3v) is 5.11. The molecule has 1 fully saturated rings. The summed E-state index contributed by atoms with van der Waals surface area (Å²) in [6.45, 7) is 5.10. The Morgan fingerprint density at radius 2 is 2.19 bits per heavy atom. The van der Waals surface area contributed by atoms with Crippen molar-refractivity contribution in [2.24, 2.45) is 17.8 Å². The van der Waals surface area contributed by atoms with Gasteiger partial charge in [-0.25, -0.2) is 0 Å². The zero-order chi connectivity index (χ0) is 11.8. The molecule has 0 heterocycles. The van der Waals surface area contributed by atoms with Gasteiger partial charge in [0.25, 0.3) is 0 Å². The molecule has 2 rings (SSSR count). The predicted molar refractivity (Wildman–Crippen MR) is 69.4 cm³/mol. The molecular weight excluding hydrogens is 218 g/mol. The fraction of sp³-hybridized carbons (Fsp3) is 0.769. The van der Waals surface area contributed by atoms with E-state index in [4.69, 9.17) is 0 Å². The van der Waals surface area contributed by atoms with Gasteiger partial charge in [0.15, 0.2) is 0 Å². The highest BCUT2D eigenvalue weighted by Crippen LogP contribution is 2.43. The van der Waals surface area contributed by atoms with Gasteiger partial charge in [-0.1, -0.05) is 12.2 Å². The molecule has 0 aromatic rings. The average molecular weight is 239 g/mol. The number of carbonyl (C=O) groups is 1. The van der Waals surface area contributed by atoms with Crippen molar-refractivity contribution in [1.29, 1.82) is 0 Å². The Morgan fingerprint density at radius 1 is 1.44 bits per heavy atom. The summed E-state index contributed by atoms with van der Waals surface area (Å²) in [5.74, 6) is 1.70. The summed E-state index contributed by atoms with van der Waals surface area (Å²) in [5, 5.41) is 3.11. The van der Waals surface area contributed by atoms with Crippen LogP contribution in [0, 0.1) is 17.8 Å². The number of fused-ring (bicyclic) bond motifs is 2. The van der Waals surface area contributed by atoms with E-state index in [1.807, 2.05) is 0 Å². The predicted octanol–water partition coefficient (Wildman–Crippen LogP) is 2.46. The first-order valence-electron chi connectivity index (χ1n) is 6.03. The second-order valence-electron chi connectivity index (χ2n) is 5.57. The molecule has 0 aliphatic heterocycles. The average Bonchev–Trinajstić information content (AvgIpc) is 2.87. The van der Waals surface area contributed by atoms with Crippen molar-refractivity contribution in [2.45, 2.75) is 31.4 Å². The summed E-state index contributed by atoms with van der Waals surface area (Å²) in [7, 11) is 0. The molecular formula is C13H21NOS. The van der Waals surface area contributed by atoms with E-state index in [0.29, 0.717) is 11.8 Å². The van der Waals surface area contributed by atoms with Crippen molar-refractivity contribution >= 4 is 17.7 Å². The Labute approximate surface area is 102 Å². The van der Waals surface area contributed by atoms with Gasteiger partial charge in [0, 0.05) is 17.2 Å². The van der Waals surface area contributed by atoms with E-state index < -0.39 is 0 Å². The molecule has 3 atom stereocenters. The fourth-order valence-electron chi connectivity index (χ4n) is 2.59. The van der Waals surface area contributed by atoms with Gasteiger partial charge in [-0.05, 0) is 44.8 Å². The van der Waals surface area contributed by atoms with E-state index in [9.17, 15) is 4.79 Å². The molecule has 2 bridgehead atoms. The van der Waals surface area contributed by atoms with Crippen LogP contribution < -0.4 is 5.32 Å². The van der Waals surface area contributed by atoms with E-state index in [1.165, 1.54) is 6.42 Å². The largest absolute Gasteiger partial charge is 0.354 e. The van der Waals surface area contributed by atoms with Gasteiger partial charge in [0.05, 0.1) is 0 Å². The molecule has 3 heteroatoms. The SMILES string of the molecule is CSC(C)(C)CNC(=O)C1CC2C=CC1C2. The number of allylic oxidation sites excluding steroid dienone is 2. The van der Waals surface area contributed by atoms with Crippen molar-refractivity contribution < 1.29 is 4.79 Å². The molecule has 1 N–H and O–H groups in total. The second-order valence-corrected chi connectivity index (χ2v) is 7.08. The van der Waals surface area contributed by atoms with Crippen LogP contribution >= 0.6 is 11.8 Å². The molecule has 2 nitrogen and oxygen atoms in total. The maximum atomic E-state index is 12.0. The van der Waals surface area contributed by atoms with Crippen molar-refractivity contribution in [1.82, 2.24) is 5.32 Å². The Bertz CT molecular complexity index is 311. The van der Waals surface area contributed by atoms with Crippen LogP contribution in [0.25, 0.3) is 0 Å². The number of carbonyl (C=O) groups excluding carboxylic acids is 1. The van der Waals surface area contributed by atoms with E-state index in [2.05, 4.69) is 37.6 Å². The van der Waals surface area contributed by atoms with Gasteiger partial charge >= 0.3 is 0 Å². The molecule has 0 spiro atoms. The molecule has 90 valence electrons. The van der Waals surface area contributed by atoms with Crippen molar-refractivity contribution in [2.75, 3.05) is 12.8 Å². The zero-order valence-electron chi connectivity index (χ0n) is 10.3. The molecule has 0 aromatic carbocycles. The lowest BCUT2D eigenvalue weighted by Gasteiger charge is -2.24. The first-order chi connectivity index (χ1) is 7.52. The van der Waals surface area contributed by atoms with E-state index in [-0.39, 0.29) is 16.6 Å². The van der Waals surface area contributed by atoms with Crippen LogP contribution in [0.3, 0.4) is 0 Å². The maximum absolute atomic E-state index is 12.0. The summed E-state index contributed by atoms with van der Waals surface area (Å²) in [4.78, 5) is 12.0. The lowest BCUT2D eigenvalue weighted by atomic mass is 9.93. The van der Waals surface area contributed by atoms with Crippen molar-refractivity contribution in [3.63, 3.8) is 0 Å². The highest BCUT2D eigenvalue weighted by atomic mass is 32.2. The minimum atomic E-state index is 0.142. The Balaban J connectivity index is 1.83. The molecule has 0 radical (unpaired) electrons. The first kappa shape index (κ1) is 12.0. The number of nitrogens with one attached hydrogen (secondary N) is 1. The van der Waals surface area contributed by atoms with Crippen LogP contribution in [-0.2, 0) is 4.79 Å². The normalized spacial score (nSPS) is 32.1. The van der Waals surface area contributed by atoms with Gasteiger partial charge < -0.3 is 5.32 Å². The quantitative estimate of drug-likeness (QED) is 0.764. The van der Waals surface area contributed by atoms with Gasteiger partial charge in [0.2, 0.25) is 5.91 Å². The van der Waals surface area contributed by atoms with Crippen molar-refractivity contribution in [3.8, 4) is 0 Å². The van der Waals surface area contributed by atoms with Crippen molar-refractivity contribution in [3.05, 3.63) is 12.2 Å². The summed E-state index contributed by atoms with van der Waals surface area (Å²) < 4.78 is 0.142. The first-order valence-corrected chi connectivity index (χ1v) is 7.25. The number of amides is 1. The standard InChI is InChI=1S/C13H21NOS/c1-13(2,16-3)8-14-12(15)11-7-9-4-5-10(11)6-9/h4-5,9-11H,6-8H2,1-3H3,(H,14,15). The summed E-state index contributed by atoms with van der Waals surface area (Å²) in [6.07, 6.45) is 8.86. The van der Waals surface area contributed by atoms with Gasteiger partial charge in [-0.2, -0.15) is 11.8 Å². The van der Waals surface area contributed by atoms with Gasteiger partial charge in [-0.15, -0.1) is 0 Å². The molecule has 16 heavy (non-hydrogen) atoms. The third-order valence-electron chi connectivity index (χ3n) is 3.86. The third kappa shape index (κ3) is 2.45. The van der Waals surface area contributed by atoms with Gasteiger partial charge in [-0.3, -0.25) is 4.79 Å². The minimum absolute atomic E-state index is 0.142. The Hall–Kier alpha value is -0.440. The highest BCUT2D eigenvalue weighted by Gasteiger charge is 2.39. The van der Waals surface area contributed by atoms with E-state index in [1.54, 1.807) is 11.8 Å². The summed E-state index contributed by atoms with van der Waals surface area (Å²) in [6, 6.07) is 0. The van der Waals surface area contributed by atoms with Crippen LogP contribution in [-0.4, -0.2) is 23.5 Å². The molecule has 3 unspecified atom stereocenters. The van der Waals surface area contributed by atoms with Crippen LogP contribution in [0.1, 0.15) is 26.7 Å². The maximum Gasteiger partial charge on any atom is 0.223 e. The molecule has 0 aromatic heterocycles. The number of rotatable bonds is 4. The number of hydrogen-bond donors (Lipinski definition) is 1. The van der Waals surface area contributed by atoms with E-state index >= 15 is 0 Å². The van der Waals surface area contributed by atoms with Crippen LogP contribution in [0.4, 0.5) is 0 Å². The molecule has 1 saturated carbocycles. The molecule has 0 saturated heterocycles. The van der Waals surface area contributed by atoms with Crippen LogP contribution in [0.5, 0.6) is 0 Å². The summed E-state index contributed by atoms with van der Waals surface area (Å²) in [5.41, 5.74) is 0. The molecule has 2 aliphatic rings. The van der Waals surface area contributed by atoms with Gasteiger partial charge in [0.1, 0.15) is 0 Å². The Kier molecular flexibility index (Phi) is 3.34. The lowest BCUT2D eigenvalue weighted by Crippen LogP contribution is -2.40. The topological polar surface area (TPSA) is 29.1 Å². The highest BCUT2D eigenvalue weighted by molar-refractivity contribution is 7.99. The number of thioether (sulfide) groups is 1.